The Kier molecular flexibility index (Phi) is 4.05. The van der Waals surface area contributed by atoms with E-state index < -0.39 is 0 Å². The lowest BCUT2D eigenvalue weighted by Crippen LogP contribution is -2.40. The maximum atomic E-state index is 4.59. The van der Waals surface area contributed by atoms with Crippen LogP contribution in [-0.2, 0) is 0 Å². The molecule has 2 rings (SSSR count). The van der Waals surface area contributed by atoms with Gasteiger partial charge >= 0.3 is 0 Å². The van der Waals surface area contributed by atoms with E-state index in [2.05, 4.69) is 36.0 Å². The number of thiazole rings is 1. The second-order valence-corrected chi connectivity index (χ2v) is 6.27. The molecule has 3 nitrogen and oxygen atoms in total. The van der Waals surface area contributed by atoms with Crippen LogP contribution in [0.25, 0.3) is 0 Å². The third-order valence-corrected chi connectivity index (χ3v) is 4.97. The van der Waals surface area contributed by atoms with Crippen LogP contribution in [-0.4, -0.2) is 24.6 Å². The minimum absolute atomic E-state index is 0.403. The first-order valence-corrected chi connectivity index (χ1v) is 7.33. The molecule has 3 atom stereocenters. The minimum atomic E-state index is 0.403. The van der Waals surface area contributed by atoms with Crippen LogP contribution < -0.4 is 10.2 Å². The second kappa shape index (κ2) is 5.36. The van der Waals surface area contributed by atoms with Gasteiger partial charge in [-0.2, -0.15) is 0 Å². The standard InChI is InChI=1S/C13H23N3S/c1-9-5-6-16(10(2)7-9)13-15-8-12(17-13)11(3)14-4/h8-11,14H,5-7H2,1-4H3. The summed E-state index contributed by atoms with van der Waals surface area (Å²) in [4.78, 5) is 8.38. The summed E-state index contributed by atoms with van der Waals surface area (Å²) in [5.74, 6) is 0.858. The molecule has 96 valence electrons. The van der Waals surface area contributed by atoms with Crippen molar-refractivity contribution >= 4 is 16.5 Å². The first kappa shape index (κ1) is 12.8. The molecule has 0 radical (unpaired) electrons. The van der Waals surface area contributed by atoms with Gasteiger partial charge in [-0.25, -0.2) is 4.98 Å². The first-order chi connectivity index (χ1) is 8.11. The molecule has 0 bridgehead atoms. The lowest BCUT2D eigenvalue weighted by Gasteiger charge is -2.36. The molecule has 4 heteroatoms. The number of anilines is 1. The molecule has 0 amide bonds. The molecule has 1 aromatic heterocycles. The van der Waals surface area contributed by atoms with Gasteiger partial charge in [0.05, 0.1) is 0 Å². The highest BCUT2D eigenvalue weighted by atomic mass is 32.1. The second-order valence-electron chi connectivity index (χ2n) is 5.23. The van der Waals surface area contributed by atoms with Crippen LogP contribution in [0.5, 0.6) is 0 Å². The van der Waals surface area contributed by atoms with Crippen LogP contribution in [0.15, 0.2) is 6.20 Å². The average molecular weight is 253 g/mol. The molecule has 0 spiro atoms. The molecule has 0 aromatic carbocycles. The Bertz CT molecular complexity index is 363. The molecular formula is C13H23N3S. The predicted molar refractivity (Wildman–Crippen MR) is 74.8 cm³/mol. The van der Waals surface area contributed by atoms with E-state index in [9.17, 15) is 0 Å². The van der Waals surface area contributed by atoms with Crippen molar-refractivity contribution in [2.45, 2.75) is 45.7 Å². The van der Waals surface area contributed by atoms with Gasteiger partial charge in [-0.15, -0.1) is 11.3 Å². The number of rotatable bonds is 3. The van der Waals surface area contributed by atoms with Crippen LogP contribution in [0.2, 0.25) is 0 Å². The number of nitrogens with one attached hydrogen (secondary N) is 1. The molecular weight excluding hydrogens is 230 g/mol. The van der Waals surface area contributed by atoms with E-state index in [0.717, 1.165) is 12.5 Å². The highest BCUT2D eigenvalue weighted by molar-refractivity contribution is 7.15. The van der Waals surface area contributed by atoms with Crippen molar-refractivity contribution in [1.82, 2.24) is 10.3 Å². The zero-order chi connectivity index (χ0) is 12.4. The summed E-state index contributed by atoms with van der Waals surface area (Å²) in [6.07, 6.45) is 4.60. The van der Waals surface area contributed by atoms with Crippen molar-refractivity contribution in [3.63, 3.8) is 0 Å². The molecule has 2 heterocycles. The van der Waals surface area contributed by atoms with E-state index in [1.165, 1.54) is 22.9 Å². The van der Waals surface area contributed by atoms with E-state index in [1.54, 1.807) is 0 Å². The van der Waals surface area contributed by atoms with E-state index >= 15 is 0 Å². The zero-order valence-electron chi connectivity index (χ0n) is 11.2. The summed E-state index contributed by atoms with van der Waals surface area (Å²) >= 11 is 1.83. The summed E-state index contributed by atoms with van der Waals surface area (Å²) in [5.41, 5.74) is 0. The van der Waals surface area contributed by atoms with Crippen molar-refractivity contribution in [3.8, 4) is 0 Å². The lowest BCUT2D eigenvalue weighted by atomic mass is 9.94. The Morgan fingerprint density at radius 1 is 1.53 bits per heavy atom. The summed E-state index contributed by atoms with van der Waals surface area (Å²) in [5, 5.41) is 4.46. The summed E-state index contributed by atoms with van der Waals surface area (Å²) in [6, 6.07) is 1.03. The zero-order valence-corrected chi connectivity index (χ0v) is 12.0. The number of aromatic nitrogens is 1. The van der Waals surface area contributed by atoms with E-state index in [0.29, 0.717) is 12.1 Å². The van der Waals surface area contributed by atoms with Crippen LogP contribution in [0, 0.1) is 5.92 Å². The van der Waals surface area contributed by atoms with Crippen LogP contribution in [0.3, 0.4) is 0 Å². The maximum absolute atomic E-state index is 4.59. The van der Waals surface area contributed by atoms with Gasteiger partial charge in [0.15, 0.2) is 5.13 Å². The number of piperidine rings is 1. The van der Waals surface area contributed by atoms with Gasteiger partial charge in [-0.05, 0) is 39.7 Å². The van der Waals surface area contributed by atoms with Gasteiger partial charge in [0.25, 0.3) is 0 Å². The monoisotopic (exact) mass is 253 g/mol. The summed E-state index contributed by atoms with van der Waals surface area (Å²) in [6.45, 7) is 8.00. The van der Waals surface area contributed by atoms with Gasteiger partial charge in [0.1, 0.15) is 0 Å². The first-order valence-electron chi connectivity index (χ1n) is 6.51. The molecule has 1 aliphatic rings. The quantitative estimate of drug-likeness (QED) is 0.897. The minimum Gasteiger partial charge on any atom is -0.345 e. The van der Waals surface area contributed by atoms with Crippen molar-refractivity contribution < 1.29 is 0 Å². The highest BCUT2D eigenvalue weighted by Crippen LogP contribution is 2.32. The summed E-state index contributed by atoms with van der Waals surface area (Å²) in [7, 11) is 2.00. The number of hydrogen-bond acceptors (Lipinski definition) is 4. The third-order valence-electron chi connectivity index (χ3n) is 3.76. The molecule has 1 saturated heterocycles. The van der Waals surface area contributed by atoms with Gasteiger partial charge in [-0.3, -0.25) is 0 Å². The molecule has 0 aliphatic carbocycles. The van der Waals surface area contributed by atoms with E-state index in [1.807, 2.05) is 24.6 Å². The van der Waals surface area contributed by atoms with Gasteiger partial charge in [0.2, 0.25) is 0 Å². The molecule has 3 unspecified atom stereocenters. The fraction of sp³-hybridized carbons (Fsp3) is 0.769. The van der Waals surface area contributed by atoms with Crippen molar-refractivity contribution in [2.75, 3.05) is 18.5 Å². The third kappa shape index (κ3) is 2.80. The largest absolute Gasteiger partial charge is 0.345 e. The van der Waals surface area contributed by atoms with Crippen molar-refractivity contribution in [1.29, 1.82) is 0 Å². The normalized spacial score (nSPS) is 27.2. The van der Waals surface area contributed by atoms with Crippen molar-refractivity contribution in [2.24, 2.45) is 5.92 Å². The average Bonchev–Trinajstić information content (AvgIpc) is 2.77. The van der Waals surface area contributed by atoms with E-state index in [4.69, 9.17) is 0 Å². The van der Waals surface area contributed by atoms with E-state index in [-0.39, 0.29) is 0 Å². The Morgan fingerprint density at radius 3 is 2.94 bits per heavy atom. The van der Waals surface area contributed by atoms with Crippen molar-refractivity contribution in [3.05, 3.63) is 11.1 Å². The van der Waals surface area contributed by atoms with Gasteiger partial charge in [0, 0.05) is 29.7 Å². The smallest absolute Gasteiger partial charge is 0.185 e. The van der Waals surface area contributed by atoms with Crippen LogP contribution in [0.1, 0.15) is 44.5 Å². The Labute approximate surface area is 108 Å². The Morgan fingerprint density at radius 2 is 2.29 bits per heavy atom. The Hall–Kier alpha value is -0.610. The number of hydrogen-bond donors (Lipinski definition) is 1. The van der Waals surface area contributed by atoms with Crippen LogP contribution >= 0.6 is 11.3 Å². The lowest BCUT2D eigenvalue weighted by molar-refractivity contribution is 0.377. The van der Waals surface area contributed by atoms with Crippen LogP contribution in [0.4, 0.5) is 5.13 Å². The molecule has 1 aliphatic heterocycles. The van der Waals surface area contributed by atoms with Gasteiger partial charge < -0.3 is 10.2 Å². The maximum Gasteiger partial charge on any atom is 0.185 e. The summed E-state index contributed by atoms with van der Waals surface area (Å²) < 4.78 is 0. The SMILES string of the molecule is CNC(C)c1cnc(N2CCC(C)CC2C)s1. The molecule has 1 N–H and O–H groups in total. The van der Waals surface area contributed by atoms with Gasteiger partial charge in [-0.1, -0.05) is 6.92 Å². The highest BCUT2D eigenvalue weighted by Gasteiger charge is 2.25. The topological polar surface area (TPSA) is 28.2 Å². The molecule has 1 aromatic rings. The molecule has 0 saturated carbocycles. The fourth-order valence-corrected chi connectivity index (χ4v) is 3.55. The predicted octanol–water partition coefficient (Wildman–Crippen LogP) is 3.05. The fourth-order valence-electron chi connectivity index (χ4n) is 2.44. The Balaban J connectivity index is 2.09. The number of nitrogens with zero attached hydrogens (tertiary/aromatic N) is 2. The molecule has 17 heavy (non-hydrogen) atoms. The molecule has 1 fully saturated rings.